The van der Waals surface area contributed by atoms with Crippen molar-refractivity contribution in [3.8, 4) is 0 Å². The first-order valence-corrected chi connectivity index (χ1v) is 4.16. The van der Waals surface area contributed by atoms with E-state index in [1.54, 1.807) is 10.9 Å². The fourth-order valence-electron chi connectivity index (χ4n) is 1.20. The molecule has 0 saturated carbocycles. The first-order valence-electron chi connectivity index (χ1n) is 4.16. The minimum atomic E-state index is 0.0622. The molecule has 1 saturated heterocycles. The fraction of sp³-hybridized carbons (Fsp3) is 0.222. The highest BCUT2D eigenvalue weighted by molar-refractivity contribution is 5.78. The van der Waals surface area contributed by atoms with E-state index in [9.17, 15) is 4.79 Å². The van der Waals surface area contributed by atoms with Crippen molar-refractivity contribution in [1.29, 1.82) is 0 Å². The van der Waals surface area contributed by atoms with Gasteiger partial charge in [0.1, 0.15) is 5.69 Å². The zero-order valence-corrected chi connectivity index (χ0v) is 7.10. The lowest BCUT2D eigenvalue weighted by molar-refractivity contribution is -0.553. The summed E-state index contributed by atoms with van der Waals surface area (Å²) in [6, 6.07) is 5.67. The molecule has 1 aromatic heterocycles. The molecule has 0 aromatic carbocycles. The molecule has 1 aliphatic heterocycles. The summed E-state index contributed by atoms with van der Waals surface area (Å²) >= 11 is 0. The van der Waals surface area contributed by atoms with Crippen molar-refractivity contribution in [3.63, 3.8) is 0 Å². The molecule has 4 heteroatoms. The van der Waals surface area contributed by atoms with E-state index in [4.69, 9.17) is 0 Å². The Morgan fingerprint density at radius 3 is 3.08 bits per heavy atom. The van der Waals surface area contributed by atoms with Gasteiger partial charge < -0.3 is 0 Å². The molecule has 1 N–H and O–H groups in total. The average molecular weight is 176 g/mol. The molecule has 0 aliphatic carbocycles. The van der Waals surface area contributed by atoms with Crippen LogP contribution in [0.5, 0.6) is 0 Å². The van der Waals surface area contributed by atoms with Gasteiger partial charge in [-0.25, -0.2) is 0 Å². The number of hydrazine groups is 1. The summed E-state index contributed by atoms with van der Waals surface area (Å²) < 4.78 is 1.75. The normalized spacial score (nSPS) is 19.1. The predicted octanol–water partition coefficient (Wildman–Crippen LogP) is -0.0521. The number of rotatable bonds is 1. The Kier molecular flexibility index (Phi) is 2.04. The van der Waals surface area contributed by atoms with Gasteiger partial charge in [-0.15, -0.1) is 10.1 Å². The van der Waals surface area contributed by atoms with E-state index in [-0.39, 0.29) is 5.91 Å². The smallest absolute Gasteiger partial charge is 0.269 e. The number of nitrogens with zero attached hydrogens (tertiary/aromatic N) is 2. The molecular weight excluding hydrogens is 166 g/mol. The number of hydrogen-bond donors (Lipinski definition) is 1. The fourth-order valence-corrected chi connectivity index (χ4v) is 1.20. The lowest BCUT2D eigenvalue weighted by Gasteiger charge is -1.90. The number of nitrogens with one attached hydrogen (secondary N) is 1. The summed E-state index contributed by atoms with van der Waals surface area (Å²) in [5.41, 5.74) is 3.55. The Balaban J connectivity index is 2.17. The molecule has 0 radical (unpaired) electrons. The van der Waals surface area contributed by atoms with Gasteiger partial charge in [-0.3, -0.25) is 9.78 Å². The zero-order valence-electron chi connectivity index (χ0n) is 7.10. The molecule has 0 unspecified atom stereocenters. The molecule has 13 heavy (non-hydrogen) atoms. The second-order valence-corrected chi connectivity index (χ2v) is 2.86. The Morgan fingerprint density at radius 2 is 2.46 bits per heavy atom. The van der Waals surface area contributed by atoms with Gasteiger partial charge in [0.25, 0.3) is 5.91 Å². The van der Waals surface area contributed by atoms with Crippen LogP contribution in [0, 0.1) is 0 Å². The van der Waals surface area contributed by atoms with Gasteiger partial charge in [0.15, 0.2) is 6.54 Å². The highest BCUT2D eigenvalue weighted by Gasteiger charge is 2.20. The lowest BCUT2D eigenvalue weighted by Crippen LogP contribution is -2.25. The third-order valence-electron chi connectivity index (χ3n) is 1.82. The topological polar surface area (TPSA) is 45.0 Å². The molecule has 1 amide bonds. The maximum absolute atomic E-state index is 10.9. The Hall–Kier alpha value is -1.71. The van der Waals surface area contributed by atoms with Crippen molar-refractivity contribution in [2.24, 2.45) is 0 Å². The van der Waals surface area contributed by atoms with Gasteiger partial charge in [-0.2, -0.15) is 0 Å². The minimum absolute atomic E-state index is 0.0622. The highest BCUT2D eigenvalue weighted by atomic mass is 16.2. The van der Waals surface area contributed by atoms with Crippen LogP contribution in [0.4, 0.5) is 0 Å². The van der Waals surface area contributed by atoms with Gasteiger partial charge >= 0.3 is 0 Å². The Labute approximate surface area is 75.9 Å². The summed E-state index contributed by atoms with van der Waals surface area (Å²) in [6.07, 6.45) is 4.11. The highest BCUT2D eigenvalue weighted by Crippen LogP contribution is 1.93. The maximum Gasteiger partial charge on any atom is 0.280 e. The van der Waals surface area contributed by atoms with E-state index < -0.39 is 0 Å². The number of hydrazone groups is 1. The van der Waals surface area contributed by atoms with Gasteiger partial charge in [0, 0.05) is 6.20 Å². The van der Waals surface area contributed by atoms with Gasteiger partial charge in [-0.05, 0) is 12.1 Å². The van der Waals surface area contributed by atoms with Crippen LogP contribution in [-0.4, -0.2) is 28.3 Å². The van der Waals surface area contributed by atoms with Crippen LogP contribution in [0.25, 0.3) is 0 Å². The van der Waals surface area contributed by atoms with E-state index in [1.807, 2.05) is 24.4 Å². The number of hydrogen-bond acceptors (Lipinski definition) is 2. The van der Waals surface area contributed by atoms with Crippen molar-refractivity contribution in [2.45, 2.75) is 6.42 Å². The molecule has 2 rings (SSSR count). The van der Waals surface area contributed by atoms with Crippen LogP contribution in [0.1, 0.15) is 12.1 Å². The van der Waals surface area contributed by atoms with Crippen molar-refractivity contribution in [2.75, 3.05) is 6.54 Å². The summed E-state index contributed by atoms with van der Waals surface area (Å²) in [7, 11) is 0. The van der Waals surface area contributed by atoms with Crippen LogP contribution in [0.3, 0.4) is 0 Å². The van der Waals surface area contributed by atoms with Gasteiger partial charge in [0.05, 0.1) is 6.42 Å². The third kappa shape index (κ3) is 1.90. The molecule has 1 aliphatic rings. The second kappa shape index (κ2) is 3.35. The molecule has 0 spiro atoms. The van der Waals surface area contributed by atoms with E-state index in [1.165, 1.54) is 0 Å². The average Bonchev–Trinajstić information content (AvgIpc) is 2.53. The first kappa shape index (κ1) is 7.91. The van der Waals surface area contributed by atoms with E-state index in [0.717, 1.165) is 12.2 Å². The van der Waals surface area contributed by atoms with E-state index >= 15 is 0 Å². The number of carbonyl (C=O) groups is 1. The SMILES string of the molecule is O=C1CC/[N+](=C/c2ccccn2)N1. The lowest BCUT2D eigenvalue weighted by atomic mass is 10.4. The summed E-state index contributed by atoms with van der Waals surface area (Å²) in [5, 5.41) is 0. The molecule has 1 aromatic rings. The van der Waals surface area contributed by atoms with Crippen LogP contribution in [-0.2, 0) is 4.79 Å². The van der Waals surface area contributed by atoms with Crippen molar-refractivity contribution in [3.05, 3.63) is 30.1 Å². The third-order valence-corrected chi connectivity index (χ3v) is 1.82. The predicted molar refractivity (Wildman–Crippen MR) is 47.3 cm³/mol. The summed E-state index contributed by atoms with van der Waals surface area (Å²) in [6.45, 7) is 0.718. The Morgan fingerprint density at radius 1 is 1.54 bits per heavy atom. The van der Waals surface area contributed by atoms with Gasteiger partial charge in [0.2, 0.25) is 6.21 Å². The van der Waals surface area contributed by atoms with E-state index in [0.29, 0.717) is 6.42 Å². The van der Waals surface area contributed by atoms with Crippen LogP contribution >= 0.6 is 0 Å². The maximum atomic E-state index is 10.9. The summed E-state index contributed by atoms with van der Waals surface area (Å²) in [4.78, 5) is 15.0. The first-order chi connectivity index (χ1) is 6.34. The van der Waals surface area contributed by atoms with Gasteiger partial charge in [-0.1, -0.05) is 6.07 Å². The largest absolute Gasteiger partial charge is 0.280 e. The quantitative estimate of drug-likeness (QED) is 0.610. The standard InChI is InChI=1S/C9H9N3O/c13-9-4-6-12(11-9)7-8-3-1-2-5-10-8/h1-3,5,7H,4,6H2/p+1. The van der Waals surface area contributed by atoms with Crippen LogP contribution < -0.4 is 5.43 Å². The molecule has 2 heterocycles. The minimum Gasteiger partial charge on any atom is -0.269 e. The Bertz CT molecular complexity index is 345. The molecule has 4 nitrogen and oxygen atoms in total. The number of amides is 1. The number of carbonyl (C=O) groups excluding carboxylic acids is 1. The number of aromatic nitrogens is 1. The van der Waals surface area contributed by atoms with Crippen molar-refractivity contribution < 1.29 is 9.48 Å². The molecular formula is C9H10N3O+. The zero-order chi connectivity index (χ0) is 9.10. The second-order valence-electron chi connectivity index (χ2n) is 2.86. The molecule has 0 atom stereocenters. The van der Waals surface area contributed by atoms with Crippen molar-refractivity contribution in [1.82, 2.24) is 10.4 Å². The molecule has 66 valence electrons. The van der Waals surface area contributed by atoms with Crippen molar-refractivity contribution >= 4 is 12.1 Å². The monoisotopic (exact) mass is 176 g/mol. The number of pyridine rings is 1. The molecule has 0 bridgehead atoms. The summed E-state index contributed by atoms with van der Waals surface area (Å²) in [5.74, 6) is 0.0622. The van der Waals surface area contributed by atoms with Crippen LogP contribution in [0.2, 0.25) is 0 Å². The van der Waals surface area contributed by atoms with Crippen LogP contribution in [0.15, 0.2) is 24.4 Å². The van der Waals surface area contributed by atoms with E-state index in [2.05, 4.69) is 10.4 Å². The molecule has 1 fully saturated rings.